The van der Waals surface area contributed by atoms with E-state index in [1.807, 2.05) is 0 Å². The third kappa shape index (κ3) is 7.18. The monoisotopic (exact) mass is 335 g/mol. The Bertz CT molecular complexity index is 444. The van der Waals surface area contributed by atoms with Gasteiger partial charge in [0.2, 0.25) is 0 Å². The van der Waals surface area contributed by atoms with E-state index in [-0.39, 0.29) is 0 Å². The molecular weight excluding hydrogens is 302 g/mol. The van der Waals surface area contributed by atoms with E-state index in [1.165, 1.54) is 5.56 Å². The van der Waals surface area contributed by atoms with E-state index >= 15 is 0 Å². The van der Waals surface area contributed by atoms with Crippen LogP contribution in [0, 0.1) is 0 Å². The highest BCUT2D eigenvalue weighted by atomic mass is 16.5. The van der Waals surface area contributed by atoms with E-state index in [4.69, 9.17) is 9.47 Å². The van der Waals surface area contributed by atoms with Gasteiger partial charge in [0.25, 0.3) is 0 Å². The summed E-state index contributed by atoms with van der Waals surface area (Å²) in [5.74, 6) is 0.957. The summed E-state index contributed by atoms with van der Waals surface area (Å²) in [6, 6.07) is 8.83. The topological polar surface area (TPSA) is 37.0 Å². The predicted octanol–water partition coefficient (Wildman–Crippen LogP) is 2.00. The molecule has 0 saturated carbocycles. The number of hydrogen-bond donors (Lipinski definition) is 1. The second-order valence-electron chi connectivity index (χ2n) is 6.70. The maximum Gasteiger partial charge on any atom is 0.119 e. The van der Waals surface area contributed by atoms with Crippen molar-refractivity contribution in [2.75, 3.05) is 66.6 Å². The van der Waals surface area contributed by atoms with E-state index in [1.54, 1.807) is 0 Å². The molecular formula is C19H33N3O2. The summed E-state index contributed by atoms with van der Waals surface area (Å²) in [6.07, 6.45) is 1.05. The van der Waals surface area contributed by atoms with Crippen LogP contribution < -0.4 is 10.1 Å². The Hall–Kier alpha value is -1.14. The van der Waals surface area contributed by atoms with Crippen molar-refractivity contribution in [3.05, 3.63) is 29.8 Å². The number of nitrogens with zero attached hydrogens (tertiary/aromatic N) is 2. The molecule has 1 heterocycles. The first-order valence-electron chi connectivity index (χ1n) is 9.06. The van der Waals surface area contributed by atoms with Gasteiger partial charge in [-0.05, 0) is 45.1 Å². The van der Waals surface area contributed by atoms with Gasteiger partial charge in [-0.15, -0.1) is 0 Å². The summed E-state index contributed by atoms with van der Waals surface area (Å²) in [4.78, 5) is 4.63. The minimum absolute atomic E-state index is 0.355. The smallest absolute Gasteiger partial charge is 0.119 e. The molecule has 0 spiro atoms. The van der Waals surface area contributed by atoms with Crippen LogP contribution in [0.4, 0.5) is 0 Å². The average molecular weight is 335 g/mol. The van der Waals surface area contributed by atoms with E-state index in [0.717, 1.165) is 64.7 Å². The third-order valence-electron chi connectivity index (χ3n) is 4.38. The Morgan fingerprint density at radius 1 is 1.21 bits per heavy atom. The Kier molecular flexibility index (Phi) is 8.53. The molecule has 2 rings (SSSR count). The van der Waals surface area contributed by atoms with Crippen LogP contribution >= 0.6 is 0 Å². The highest BCUT2D eigenvalue weighted by Gasteiger charge is 2.10. The van der Waals surface area contributed by atoms with Gasteiger partial charge >= 0.3 is 0 Å². The number of rotatable bonds is 10. The van der Waals surface area contributed by atoms with Crippen molar-refractivity contribution in [2.24, 2.45) is 0 Å². The maximum absolute atomic E-state index is 5.79. The van der Waals surface area contributed by atoms with Gasteiger partial charge in [0, 0.05) is 38.8 Å². The number of ether oxygens (including phenoxy) is 2. The number of benzene rings is 1. The molecule has 1 aliphatic heterocycles. The van der Waals surface area contributed by atoms with Crippen molar-refractivity contribution in [3.63, 3.8) is 0 Å². The summed E-state index contributed by atoms with van der Waals surface area (Å²) in [5, 5.41) is 3.60. The molecule has 136 valence electrons. The minimum atomic E-state index is 0.355. The Balaban J connectivity index is 1.65. The fourth-order valence-corrected chi connectivity index (χ4v) is 2.81. The summed E-state index contributed by atoms with van der Waals surface area (Å²) >= 11 is 0. The van der Waals surface area contributed by atoms with Crippen molar-refractivity contribution in [2.45, 2.75) is 19.4 Å². The lowest BCUT2D eigenvalue weighted by molar-refractivity contribution is 0.0382. The lowest BCUT2D eigenvalue weighted by Crippen LogP contribution is -2.40. The van der Waals surface area contributed by atoms with Gasteiger partial charge in [0.05, 0.1) is 19.8 Å². The normalized spacial score (nSPS) is 17.2. The van der Waals surface area contributed by atoms with E-state index in [0.29, 0.717) is 6.04 Å². The van der Waals surface area contributed by atoms with Crippen LogP contribution in [-0.4, -0.2) is 76.4 Å². The van der Waals surface area contributed by atoms with Crippen LogP contribution in [0.2, 0.25) is 0 Å². The number of nitrogens with one attached hydrogen (secondary N) is 1. The fraction of sp³-hybridized carbons (Fsp3) is 0.684. The largest absolute Gasteiger partial charge is 0.494 e. The molecule has 0 aliphatic carbocycles. The van der Waals surface area contributed by atoms with Gasteiger partial charge < -0.3 is 19.7 Å². The standard InChI is InChI=1S/C19H33N3O2/c1-17(20-9-11-22-12-15-23-16-13-22)18-5-7-19(8-6-18)24-14-4-10-21(2)3/h5-8,17,20H,4,9-16H2,1-3H3. The van der Waals surface area contributed by atoms with Gasteiger partial charge in [-0.1, -0.05) is 12.1 Å². The van der Waals surface area contributed by atoms with Crippen molar-refractivity contribution in [1.82, 2.24) is 15.1 Å². The average Bonchev–Trinajstić information content (AvgIpc) is 2.60. The molecule has 1 saturated heterocycles. The zero-order valence-electron chi connectivity index (χ0n) is 15.5. The SMILES string of the molecule is CC(NCCN1CCOCC1)c1ccc(OCCCN(C)C)cc1. The molecule has 5 nitrogen and oxygen atoms in total. The zero-order chi connectivity index (χ0) is 17.2. The lowest BCUT2D eigenvalue weighted by atomic mass is 10.1. The fourth-order valence-electron chi connectivity index (χ4n) is 2.81. The molecule has 1 aliphatic rings. The number of morpholine rings is 1. The molecule has 1 fully saturated rings. The molecule has 5 heteroatoms. The van der Waals surface area contributed by atoms with Gasteiger partial charge in [-0.25, -0.2) is 0 Å². The Morgan fingerprint density at radius 2 is 1.92 bits per heavy atom. The highest BCUT2D eigenvalue weighted by Crippen LogP contribution is 2.17. The molecule has 1 aromatic carbocycles. The van der Waals surface area contributed by atoms with Crippen molar-refractivity contribution < 1.29 is 9.47 Å². The first kappa shape index (κ1) is 19.2. The zero-order valence-corrected chi connectivity index (χ0v) is 15.5. The van der Waals surface area contributed by atoms with Crippen LogP contribution in [0.25, 0.3) is 0 Å². The molecule has 1 aromatic rings. The van der Waals surface area contributed by atoms with Crippen LogP contribution in [0.3, 0.4) is 0 Å². The minimum Gasteiger partial charge on any atom is -0.494 e. The first-order chi connectivity index (χ1) is 11.6. The quantitative estimate of drug-likeness (QED) is 0.662. The van der Waals surface area contributed by atoms with Crippen LogP contribution in [-0.2, 0) is 4.74 Å². The lowest BCUT2D eigenvalue weighted by Gasteiger charge is -2.27. The highest BCUT2D eigenvalue weighted by molar-refractivity contribution is 5.28. The number of hydrogen-bond acceptors (Lipinski definition) is 5. The van der Waals surface area contributed by atoms with Crippen LogP contribution in [0.15, 0.2) is 24.3 Å². The molecule has 0 aromatic heterocycles. The molecule has 0 radical (unpaired) electrons. The second-order valence-corrected chi connectivity index (χ2v) is 6.70. The van der Waals surface area contributed by atoms with Gasteiger partial charge in [-0.3, -0.25) is 4.90 Å². The first-order valence-corrected chi connectivity index (χ1v) is 9.06. The molecule has 1 unspecified atom stereocenters. The Morgan fingerprint density at radius 3 is 2.58 bits per heavy atom. The third-order valence-corrected chi connectivity index (χ3v) is 4.38. The predicted molar refractivity (Wildman–Crippen MR) is 98.8 cm³/mol. The van der Waals surface area contributed by atoms with E-state index in [9.17, 15) is 0 Å². The summed E-state index contributed by atoms with van der Waals surface area (Å²) in [6.45, 7) is 9.97. The van der Waals surface area contributed by atoms with Crippen molar-refractivity contribution >= 4 is 0 Å². The van der Waals surface area contributed by atoms with Gasteiger partial charge in [0.1, 0.15) is 5.75 Å². The van der Waals surface area contributed by atoms with Crippen LogP contribution in [0.5, 0.6) is 5.75 Å². The molecule has 1 N–H and O–H groups in total. The van der Waals surface area contributed by atoms with Crippen molar-refractivity contribution in [3.8, 4) is 5.75 Å². The molecule has 0 bridgehead atoms. The molecule has 1 atom stereocenters. The van der Waals surface area contributed by atoms with Crippen molar-refractivity contribution in [1.29, 1.82) is 0 Å². The second kappa shape index (κ2) is 10.7. The van der Waals surface area contributed by atoms with E-state index < -0.39 is 0 Å². The summed E-state index contributed by atoms with van der Waals surface area (Å²) < 4.78 is 11.2. The Labute approximate surface area is 146 Å². The van der Waals surface area contributed by atoms with Crippen LogP contribution in [0.1, 0.15) is 24.9 Å². The summed E-state index contributed by atoms with van der Waals surface area (Å²) in [5.41, 5.74) is 1.30. The molecule has 24 heavy (non-hydrogen) atoms. The summed E-state index contributed by atoms with van der Waals surface area (Å²) in [7, 11) is 4.17. The van der Waals surface area contributed by atoms with Gasteiger partial charge in [0.15, 0.2) is 0 Å². The van der Waals surface area contributed by atoms with E-state index in [2.05, 4.69) is 60.4 Å². The molecule has 0 amide bonds. The maximum atomic E-state index is 5.79. The van der Waals surface area contributed by atoms with Gasteiger partial charge in [-0.2, -0.15) is 0 Å².